The molecule has 0 saturated heterocycles. The van der Waals surface area contributed by atoms with Gasteiger partial charge in [-0.05, 0) is 23.1 Å². The summed E-state index contributed by atoms with van der Waals surface area (Å²) in [5.41, 5.74) is 1.57. The predicted octanol–water partition coefficient (Wildman–Crippen LogP) is 2.78. The highest BCUT2D eigenvalue weighted by molar-refractivity contribution is 5.91. The number of hydrogen-bond donors (Lipinski definition) is 1. The Morgan fingerprint density at radius 1 is 1.16 bits per heavy atom. The minimum absolute atomic E-state index is 0.00628. The third-order valence-electron chi connectivity index (χ3n) is 2.50. The van der Waals surface area contributed by atoms with E-state index in [1.807, 2.05) is 32.9 Å². The molecule has 0 bridgehead atoms. The lowest BCUT2D eigenvalue weighted by molar-refractivity contribution is -0.139. The fourth-order valence-corrected chi connectivity index (χ4v) is 1.63. The Bertz CT molecular complexity index is 443. The molecule has 0 atom stereocenters. The second-order valence-corrected chi connectivity index (χ2v) is 5.74. The quantitative estimate of drug-likeness (QED) is 0.850. The van der Waals surface area contributed by atoms with Crippen LogP contribution in [0.15, 0.2) is 24.3 Å². The second kappa shape index (κ2) is 6.36. The number of anilines is 1. The van der Waals surface area contributed by atoms with Gasteiger partial charge in [-0.15, -0.1) is 0 Å². The summed E-state index contributed by atoms with van der Waals surface area (Å²) >= 11 is 0. The average Bonchev–Trinajstić information content (AvgIpc) is 2.29. The predicted molar refractivity (Wildman–Crippen MR) is 74.9 cm³/mol. The number of carbonyl (C=O) groups excluding carboxylic acids is 2. The molecule has 0 radical (unpaired) electrons. The Morgan fingerprint density at radius 2 is 1.74 bits per heavy atom. The van der Waals surface area contributed by atoms with Crippen molar-refractivity contribution in [2.24, 2.45) is 5.41 Å². The molecule has 4 heteroatoms. The highest BCUT2D eigenvalue weighted by atomic mass is 16.5. The third kappa shape index (κ3) is 6.04. The second-order valence-electron chi connectivity index (χ2n) is 5.74. The van der Waals surface area contributed by atoms with Crippen molar-refractivity contribution in [1.82, 2.24) is 0 Å². The van der Waals surface area contributed by atoms with Crippen LogP contribution in [0.2, 0.25) is 0 Å². The van der Waals surface area contributed by atoms with Gasteiger partial charge in [0.15, 0.2) is 0 Å². The van der Waals surface area contributed by atoms with Crippen molar-refractivity contribution in [3.05, 3.63) is 29.8 Å². The Morgan fingerprint density at radius 3 is 2.21 bits per heavy atom. The summed E-state index contributed by atoms with van der Waals surface area (Å²) in [6, 6.07) is 7.20. The number of rotatable bonds is 4. The normalized spacial score (nSPS) is 10.9. The number of ether oxygens (including phenoxy) is 1. The highest BCUT2D eigenvalue weighted by Crippen LogP contribution is 2.19. The molecule has 0 heterocycles. The topological polar surface area (TPSA) is 55.4 Å². The number of nitrogens with one attached hydrogen (secondary N) is 1. The van der Waals surface area contributed by atoms with Gasteiger partial charge in [0.2, 0.25) is 5.91 Å². The first-order chi connectivity index (χ1) is 8.80. The summed E-state index contributed by atoms with van der Waals surface area (Å²) in [5, 5.41) is 2.84. The van der Waals surface area contributed by atoms with E-state index >= 15 is 0 Å². The van der Waals surface area contributed by atoms with Crippen LogP contribution in [0.4, 0.5) is 5.69 Å². The Balaban J connectivity index is 2.57. The van der Waals surface area contributed by atoms with Gasteiger partial charge in [0.25, 0.3) is 0 Å². The number of carbonyl (C=O) groups is 2. The number of hydrogen-bond acceptors (Lipinski definition) is 3. The summed E-state index contributed by atoms with van der Waals surface area (Å²) in [6.07, 6.45) is 0.712. The minimum atomic E-state index is -0.274. The molecule has 0 aliphatic heterocycles. The zero-order valence-corrected chi connectivity index (χ0v) is 11.9. The van der Waals surface area contributed by atoms with Gasteiger partial charge in [0, 0.05) is 12.1 Å². The summed E-state index contributed by atoms with van der Waals surface area (Å²) in [4.78, 5) is 22.9. The smallest absolute Gasteiger partial charge is 0.309 e. The molecule has 0 aromatic heterocycles. The molecule has 0 unspecified atom stereocenters. The first-order valence-electron chi connectivity index (χ1n) is 6.26. The first kappa shape index (κ1) is 15.2. The summed E-state index contributed by atoms with van der Waals surface area (Å²) in [5.74, 6) is -0.280. The molecule has 104 valence electrons. The van der Waals surface area contributed by atoms with Crippen molar-refractivity contribution >= 4 is 17.6 Å². The fourth-order valence-electron chi connectivity index (χ4n) is 1.63. The van der Waals surface area contributed by atoms with Gasteiger partial charge in [0.1, 0.15) is 0 Å². The van der Waals surface area contributed by atoms with E-state index in [0.29, 0.717) is 6.42 Å². The van der Waals surface area contributed by atoms with E-state index in [1.54, 1.807) is 12.1 Å². The van der Waals surface area contributed by atoms with Crippen molar-refractivity contribution in [1.29, 1.82) is 0 Å². The van der Waals surface area contributed by atoms with Crippen LogP contribution in [0.5, 0.6) is 0 Å². The van der Waals surface area contributed by atoms with E-state index in [4.69, 9.17) is 0 Å². The Kier molecular flexibility index (Phi) is 5.10. The highest BCUT2D eigenvalue weighted by Gasteiger charge is 2.15. The number of methoxy groups -OCH3 is 1. The van der Waals surface area contributed by atoms with Crippen molar-refractivity contribution in [2.45, 2.75) is 33.6 Å². The van der Waals surface area contributed by atoms with Gasteiger partial charge in [-0.3, -0.25) is 9.59 Å². The summed E-state index contributed by atoms with van der Waals surface area (Å²) in [7, 11) is 1.36. The van der Waals surface area contributed by atoms with E-state index in [1.165, 1.54) is 7.11 Å². The standard InChI is InChI=1S/C15H21NO3/c1-15(2,3)10-13(17)16-12-7-5-11(6-8-12)9-14(18)19-4/h5-8H,9-10H2,1-4H3,(H,16,17). The molecule has 1 aromatic rings. The lowest BCUT2D eigenvalue weighted by atomic mass is 9.92. The van der Waals surface area contributed by atoms with E-state index in [0.717, 1.165) is 11.3 Å². The maximum absolute atomic E-state index is 11.8. The SMILES string of the molecule is COC(=O)Cc1ccc(NC(=O)CC(C)(C)C)cc1. The molecular formula is C15H21NO3. The van der Waals surface area contributed by atoms with E-state index in [2.05, 4.69) is 10.1 Å². The molecule has 0 aliphatic carbocycles. The average molecular weight is 263 g/mol. The summed E-state index contributed by atoms with van der Waals surface area (Å²) < 4.78 is 4.60. The fraction of sp³-hybridized carbons (Fsp3) is 0.467. The molecule has 1 amide bonds. The number of amides is 1. The maximum Gasteiger partial charge on any atom is 0.309 e. The third-order valence-corrected chi connectivity index (χ3v) is 2.50. The number of benzene rings is 1. The van der Waals surface area contributed by atoms with Crippen LogP contribution in [-0.2, 0) is 20.7 Å². The zero-order valence-electron chi connectivity index (χ0n) is 11.9. The molecule has 1 rings (SSSR count). The lowest BCUT2D eigenvalue weighted by Crippen LogP contribution is -2.19. The Labute approximate surface area is 114 Å². The monoisotopic (exact) mass is 263 g/mol. The van der Waals surface area contributed by atoms with Crippen molar-refractivity contribution < 1.29 is 14.3 Å². The van der Waals surface area contributed by atoms with Gasteiger partial charge in [-0.25, -0.2) is 0 Å². The van der Waals surface area contributed by atoms with Crippen LogP contribution in [0.3, 0.4) is 0 Å². The number of esters is 1. The van der Waals surface area contributed by atoms with Crippen LogP contribution >= 0.6 is 0 Å². The maximum atomic E-state index is 11.8. The van der Waals surface area contributed by atoms with Gasteiger partial charge in [0.05, 0.1) is 13.5 Å². The Hall–Kier alpha value is -1.84. The van der Waals surface area contributed by atoms with Crippen LogP contribution in [0.1, 0.15) is 32.8 Å². The van der Waals surface area contributed by atoms with E-state index in [-0.39, 0.29) is 23.7 Å². The zero-order chi connectivity index (χ0) is 14.5. The lowest BCUT2D eigenvalue weighted by Gasteiger charge is -2.17. The molecule has 0 saturated carbocycles. The van der Waals surface area contributed by atoms with E-state index < -0.39 is 0 Å². The molecule has 0 fully saturated rings. The van der Waals surface area contributed by atoms with E-state index in [9.17, 15) is 9.59 Å². The van der Waals surface area contributed by atoms with Crippen LogP contribution in [-0.4, -0.2) is 19.0 Å². The molecule has 1 aromatic carbocycles. The van der Waals surface area contributed by atoms with Gasteiger partial charge in [-0.2, -0.15) is 0 Å². The summed E-state index contributed by atoms with van der Waals surface area (Å²) in [6.45, 7) is 6.06. The van der Waals surface area contributed by atoms with Crippen LogP contribution in [0, 0.1) is 5.41 Å². The van der Waals surface area contributed by atoms with Gasteiger partial charge < -0.3 is 10.1 Å². The van der Waals surface area contributed by atoms with Gasteiger partial charge >= 0.3 is 5.97 Å². The molecule has 1 N–H and O–H groups in total. The van der Waals surface area contributed by atoms with Crippen molar-refractivity contribution in [2.75, 3.05) is 12.4 Å². The van der Waals surface area contributed by atoms with Gasteiger partial charge in [-0.1, -0.05) is 32.9 Å². The molecule has 0 aliphatic rings. The molecule has 4 nitrogen and oxygen atoms in total. The van der Waals surface area contributed by atoms with Crippen molar-refractivity contribution in [3.63, 3.8) is 0 Å². The van der Waals surface area contributed by atoms with Crippen molar-refractivity contribution in [3.8, 4) is 0 Å². The van der Waals surface area contributed by atoms with Crippen LogP contribution < -0.4 is 5.32 Å². The molecule has 0 spiro atoms. The first-order valence-corrected chi connectivity index (χ1v) is 6.26. The minimum Gasteiger partial charge on any atom is -0.469 e. The molecular weight excluding hydrogens is 242 g/mol. The molecule has 19 heavy (non-hydrogen) atoms. The largest absolute Gasteiger partial charge is 0.469 e. The van der Waals surface area contributed by atoms with Crippen LogP contribution in [0.25, 0.3) is 0 Å².